The number of rotatable bonds is 11. The van der Waals surface area contributed by atoms with E-state index in [1.807, 2.05) is 25.1 Å². The fourth-order valence-electron chi connectivity index (χ4n) is 4.13. The van der Waals surface area contributed by atoms with E-state index >= 15 is 0 Å². The maximum absolute atomic E-state index is 12.9. The number of carbonyl (C=O) groups excluding carboxylic acids is 1. The molecule has 162 valence electrons. The number of ether oxygens (including phenoxy) is 1. The monoisotopic (exact) mass is 403 g/mol. The first-order valence-corrected chi connectivity index (χ1v) is 11.2. The third-order valence-electron chi connectivity index (χ3n) is 6.14. The molecule has 1 saturated carbocycles. The molecule has 0 radical (unpaired) electrons. The summed E-state index contributed by atoms with van der Waals surface area (Å²) in [5.74, 6) is -0.593. The summed E-state index contributed by atoms with van der Waals surface area (Å²) in [6.07, 6.45) is 8.80. The number of benzene rings is 1. The highest BCUT2D eigenvalue weighted by Gasteiger charge is 2.43. The highest BCUT2D eigenvalue weighted by molar-refractivity contribution is 5.84. The number of nitrogens with zero attached hydrogens (tertiary/aromatic N) is 1. The van der Waals surface area contributed by atoms with Crippen LogP contribution in [-0.2, 0) is 16.0 Å². The smallest absolute Gasteiger partial charge is 0.410 e. The van der Waals surface area contributed by atoms with E-state index in [1.54, 1.807) is 6.92 Å². The maximum atomic E-state index is 12.9. The van der Waals surface area contributed by atoms with Gasteiger partial charge in [-0.05, 0) is 56.9 Å². The molecule has 1 aliphatic rings. The Bertz CT molecular complexity index is 627. The van der Waals surface area contributed by atoms with Crippen LogP contribution in [0.2, 0.25) is 0 Å². The molecule has 0 aromatic heterocycles. The standard InChI is InChI=1S/C24H37NO4/c1-3-4-18-29-23(28)25(19-21-14-9-6-10-15-21)24(2,22(26)27)17-11-16-20-12-7-5-8-13-20/h5,7-8,12-13,21H,3-4,6,9-11,14-19H2,1-2H3,(H,26,27). The topological polar surface area (TPSA) is 66.8 Å². The van der Waals surface area contributed by atoms with E-state index in [2.05, 4.69) is 12.1 Å². The molecule has 5 nitrogen and oxygen atoms in total. The van der Waals surface area contributed by atoms with Gasteiger partial charge in [0.2, 0.25) is 0 Å². The van der Waals surface area contributed by atoms with Gasteiger partial charge in [0.1, 0.15) is 5.54 Å². The Morgan fingerprint density at radius 2 is 1.83 bits per heavy atom. The average Bonchev–Trinajstić information content (AvgIpc) is 2.73. The van der Waals surface area contributed by atoms with Gasteiger partial charge >= 0.3 is 12.1 Å². The van der Waals surface area contributed by atoms with Crippen LogP contribution in [0.1, 0.15) is 77.2 Å². The predicted octanol–water partition coefficient (Wildman–Crippen LogP) is 5.67. The lowest BCUT2D eigenvalue weighted by molar-refractivity contribution is -0.150. The highest BCUT2D eigenvalue weighted by Crippen LogP contribution is 2.30. The number of carboxylic acid groups (broad SMARTS) is 1. The van der Waals surface area contributed by atoms with Crippen molar-refractivity contribution in [2.24, 2.45) is 5.92 Å². The van der Waals surface area contributed by atoms with E-state index in [0.717, 1.165) is 44.9 Å². The fraction of sp³-hybridized carbons (Fsp3) is 0.667. The van der Waals surface area contributed by atoms with Crippen molar-refractivity contribution in [3.8, 4) is 0 Å². The molecule has 1 aromatic carbocycles. The first kappa shape index (κ1) is 23.2. The molecule has 0 heterocycles. The van der Waals surface area contributed by atoms with E-state index in [4.69, 9.17) is 4.74 Å². The lowest BCUT2D eigenvalue weighted by Crippen LogP contribution is -2.57. The lowest BCUT2D eigenvalue weighted by Gasteiger charge is -2.40. The minimum absolute atomic E-state index is 0.343. The molecule has 1 aromatic rings. The predicted molar refractivity (Wildman–Crippen MR) is 115 cm³/mol. The summed E-state index contributed by atoms with van der Waals surface area (Å²) in [7, 11) is 0. The lowest BCUT2D eigenvalue weighted by atomic mass is 9.86. The van der Waals surface area contributed by atoms with Crippen LogP contribution in [0.3, 0.4) is 0 Å². The van der Waals surface area contributed by atoms with Crippen molar-refractivity contribution in [3.05, 3.63) is 35.9 Å². The summed E-state index contributed by atoms with van der Waals surface area (Å²) >= 11 is 0. The van der Waals surface area contributed by atoms with E-state index in [0.29, 0.717) is 31.9 Å². The zero-order chi connectivity index (χ0) is 21.1. The van der Waals surface area contributed by atoms with E-state index < -0.39 is 17.6 Å². The van der Waals surface area contributed by atoms with Crippen LogP contribution in [0.25, 0.3) is 0 Å². The average molecular weight is 404 g/mol. The van der Waals surface area contributed by atoms with Gasteiger partial charge in [0.05, 0.1) is 6.61 Å². The van der Waals surface area contributed by atoms with Gasteiger partial charge in [-0.15, -0.1) is 0 Å². The van der Waals surface area contributed by atoms with Crippen molar-refractivity contribution >= 4 is 12.1 Å². The normalized spacial score (nSPS) is 16.8. The minimum atomic E-state index is -1.25. The molecule has 0 bridgehead atoms. The molecule has 1 fully saturated rings. The molecule has 29 heavy (non-hydrogen) atoms. The fourth-order valence-corrected chi connectivity index (χ4v) is 4.13. The van der Waals surface area contributed by atoms with Crippen molar-refractivity contribution in [2.75, 3.05) is 13.2 Å². The van der Waals surface area contributed by atoms with Crippen molar-refractivity contribution in [1.82, 2.24) is 4.90 Å². The van der Waals surface area contributed by atoms with Crippen LogP contribution >= 0.6 is 0 Å². The van der Waals surface area contributed by atoms with Crippen LogP contribution in [0.15, 0.2) is 30.3 Å². The molecule has 5 heteroatoms. The Labute approximate surface area is 175 Å². The van der Waals surface area contributed by atoms with Gasteiger partial charge in [0.15, 0.2) is 0 Å². The van der Waals surface area contributed by atoms with Crippen molar-refractivity contribution in [2.45, 2.75) is 83.6 Å². The first-order valence-electron chi connectivity index (χ1n) is 11.2. The largest absolute Gasteiger partial charge is 0.480 e. The summed E-state index contributed by atoms with van der Waals surface area (Å²) in [6, 6.07) is 10.1. The number of carbonyl (C=O) groups is 2. The first-order chi connectivity index (χ1) is 14.0. The van der Waals surface area contributed by atoms with Gasteiger partial charge in [-0.2, -0.15) is 0 Å². The zero-order valence-electron chi connectivity index (χ0n) is 18.1. The van der Waals surface area contributed by atoms with Gasteiger partial charge in [-0.1, -0.05) is 62.9 Å². The summed E-state index contributed by atoms with van der Waals surface area (Å²) in [4.78, 5) is 26.8. The molecule has 0 aliphatic heterocycles. The Kier molecular flexibility index (Phi) is 9.49. The van der Waals surface area contributed by atoms with Crippen molar-refractivity contribution in [3.63, 3.8) is 0 Å². The van der Waals surface area contributed by atoms with E-state index in [-0.39, 0.29) is 0 Å². The van der Waals surface area contributed by atoms with Gasteiger partial charge in [0, 0.05) is 6.54 Å². The van der Waals surface area contributed by atoms with Crippen LogP contribution in [-0.4, -0.2) is 40.8 Å². The third-order valence-corrected chi connectivity index (χ3v) is 6.14. The maximum Gasteiger partial charge on any atom is 0.410 e. The minimum Gasteiger partial charge on any atom is -0.480 e. The van der Waals surface area contributed by atoms with E-state index in [9.17, 15) is 14.7 Å². The van der Waals surface area contributed by atoms with Gasteiger partial charge in [0.25, 0.3) is 0 Å². The Hall–Kier alpha value is -2.04. The molecule has 1 unspecified atom stereocenters. The molecule has 1 aliphatic carbocycles. The Balaban J connectivity index is 2.11. The molecular formula is C24H37NO4. The van der Waals surface area contributed by atoms with Crippen LogP contribution in [0.5, 0.6) is 0 Å². The molecule has 0 spiro atoms. The number of aryl methyl sites for hydroxylation is 1. The molecule has 1 amide bonds. The second-order valence-corrected chi connectivity index (χ2v) is 8.50. The molecule has 2 rings (SSSR count). The molecule has 0 saturated heterocycles. The van der Waals surface area contributed by atoms with Crippen LogP contribution in [0, 0.1) is 5.92 Å². The summed E-state index contributed by atoms with van der Waals surface area (Å²) < 4.78 is 5.47. The molecule has 1 N–H and O–H groups in total. The molecular weight excluding hydrogens is 366 g/mol. The third kappa shape index (κ3) is 7.06. The number of carboxylic acids is 1. The Morgan fingerprint density at radius 3 is 2.45 bits per heavy atom. The number of amides is 1. The van der Waals surface area contributed by atoms with E-state index in [1.165, 1.54) is 16.9 Å². The number of unbranched alkanes of at least 4 members (excludes halogenated alkanes) is 1. The van der Waals surface area contributed by atoms with Crippen molar-refractivity contribution < 1.29 is 19.4 Å². The van der Waals surface area contributed by atoms with Crippen molar-refractivity contribution in [1.29, 1.82) is 0 Å². The van der Waals surface area contributed by atoms with Crippen LogP contribution in [0.4, 0.5) is 4.79 Å². The summed E-state index contributed by atoms with van der Waals surface area (Å²) in [5, 5.41) is 10.1. The van der Waals surface area contributed by atoms with Gasteiger partial charge in [-0.3, -0.25) is 4.90 Å². The number of aliphatic carboxylic acids is 1. The quantitative estimate of drug-likeness (QED) is 0.483. The highest BCUT2D eigenvalue weighted by atomic mass is 16.6. The molecule has 1 atom stereocenters. The number of hydrogen-bond donors (Lipinski definition) is 1. The van der Waals surface area contributed by atoms with Gasteiger partial charge in [-0.25, -0.2) is 9.59 Å². The van der Waals surface area contributed by atoms with Crippen LogP contribution < -0.4 is 0 Å². The van der Waals surface area contributed by atoms with Gasteiger partial charge < -0.3 is 9.84 Å². The SMILES string of the molecule is CCCCOC(=O)N(CC1CCCCC1)C(C)(CCCc1ccccc1)C(=O)O. The second-order valence-electron chi connectivity index (χ2n) is 8.50. The number of hydrogen-bond acceptors (Lipinski definition) is 3. The summed E-state index contributed by atoms with van der Waals surface area (Å²) in [5.41, 5.74) is -0.0696. The summed E-state index contributed by atoms with van der Waals surface area (Å²) in [6.45, 7) is 4.54. The second kappa shape index (κ2) is 11.8. The zero-order valence-corrected chi connectivity index (χ0v) is 18.1. The Morgan fingerprint density at radius 1 is 1.14 bits per heavy atom.